The summed E-state index contributed by atoms with van der Waals surface area (Å²) in [6.07, 6.45) is 3.33. The Kier molecular flexibility index (Phi) is 6.88. The molecule has 0 aliphatic carbocycles. The third-order valence-electron chi connectivity index (χ3n) is 6.06. The number of fused-ring (bicyclic) bond motifs is 1. The number of nitrogens with zero attached hydrogens (tertiary/aromatic N) is 4. The van der Waals surface area contributed by atoms with Gasteiger partial charge in [0.05, 0.1) is 23.2 Å². The number of thioether (sulfide) groups is 1. The average Bonchev–Trinajstić information content (AvgIpc) is 2.87. The number of piperazine rings is 1. The van der Waals surface area contributed by atoms with E-state index in [9.17, 15) is 9.59 Å². The van der Waals surface area contributed by atoms with Gasteiger partial charge in [-0.1, -0.05) is 36.0 Å². The van der Waals surface area contributed by atoms with Crippen LogP contribution in [0.25, 0.3) is 6.08 Å². The van der Waals surface area contributed by atoms with Crippen molar-refractivity contribution in [3.05, 3.63) is 70.8 Å². The van der Waals surface area contributed by atoms with E-state index >= 15 is 0 Å². The van der Waals surface area contributed by atoms with Crippen LogP contribution in [0.5, 0.6) is 0 Å². The normalized spacial score (nSPS) is 17.0. The summed E-state index contributed by atoms with van der Waals surface area (Å²) < 4.78 is 0. The zero-order valence-electron chi connectivity index (χ0n) is 19.8. The van der Waals surface area contributed by atoms with Crippen LogP contribution >= 0.6 is 11.8 Å². The van der Waals surface area contributed by atoms with Crippen LogP contribution in [0, 0.1) is 0 Å². The van der Waals surface area contributed by atoms with Crippen molar-refractivity contribution in [3.63, 3.8) is 0 Å². The SMILES string of the molecule is CN1CCN(c2ccc(Nc3ncc4c(n3)S/C(=C/c3ccc(CC(=O)O)cc3)C(=O)N4)cc2)CC1. The molecule has 0 unspecified atom stereocenters. The summed E-state index contributed by atoms with van der Waals surface area (Å²) in [5, 5.41) is 15.7. The minimum Gasteiger partial charge on any atom is -0.481 e. The molecule has 0 atom stereocenters. The number of aromatic nitrogens is 2. The molecule has 0 bridgehead atoms. The predicted molar refractivity (Wildman–Crippen MR) is 142 cm³/mol. The molecule has 1 amide bonds. The quantitative estimate of drug-likeness (QED) is 0.343. The number of anilines is 4. The first-order chi connectivity index (χ1) is 17.4. The Labute approximate surface area is 213 Å². The molecule has 0 radical (unpaired) electrons. The summed E-state index contributed by atoms with van der Waals surface area (Å²) in [6.45, 7) is 4.15. The average molecular weight is 503 g/mol. The number of carboxylic acid groups (broad SMARTS) is 1. The van der Waals surface area contributed by atoms with Gasteiger partial charge in [-0.15, -0.1) is 0 Å². The molecule has 3 N–H and O–H groups in total. The largest absolute Gasteiger partial charge is 0.481 e. The molecule has 5 rings (SSSR count). The first-order valence-electron chi connectivity index (χ1n) is 11.6. The number of nitrogens with one attached hydrogen (secondary N) is 2. The Bertz CT molecular complexity index is 1300. The summed E-state index contributed by atoms with van der Waals surface area (Å²) in [5.74, 6) is -0.664. The molecule has 3 aromatic rings. The molecule has 0 spiro atoms. The molecule has 3 heterocycles. The van der Waals surface area contributed by atoms with E-state index < -0.39 is 5.97 Å². The van der Waals surface area contributed by atoms with Crippen molar-refractivity contribution in [1.29, 1.82) is 0 Å². The van der Waals surface area contributed by atoms with Crippen molar-refractivity contribution in [2.45, 2.75) is 11.4 Å². The van der Waals surface area contributed by atoms with E-state index in [0.717, 1.165) is 37.4 Å². The van der Waals surface area contributed by atoms with E-state index in [0.29, 0.717) is 27.1 Å². The van der Waals surface area contributed by atoms with Crippen molar-refractivity contribution in [1.82, 2.24) is 14.9 Å². The van der Waals surface area contributed by atoms with Gasteiger partial charge in [-0.2, -0.15) is 0 Å². The van der Waals surface area contributed by atoms with Crippen LogP contribution < -0.4 is 15.5 Å². The lowest BCUT2D eigenvalue weighted by atomic mass is 10.1. The third-order valence-corrected chi connectivity index (χ3v) is 7.08. The molecule has 10 heteroatoms. The topological polar surface area (TPSA) is 111 Å². The maximum absolute atomic E-state index is 12.6. The van der Waals surface area contributed by atoms with Crippen molar-refractivity contribution in [2.24, 2.45) is 0 Å². The Balaban J connectivity index is 1.27. The highest BCUT2D eigenvalue weighted by molar-refractivity contribution is 8.04. The molecular formula is C26H26N6O3S. The smallest absolute Gasteiger partial charge is 0.307 e. The number of aliphatic carboxylic acids is 1. The summed E-state index contributed by atoms with van der Waals surface area (Å²) in [6, 6.07) is 15.3. The predicted octanol–water partition coefficient (Wildman–Crippen LogP) is 3.68. The van der Waals surface area contributed by atoms with Crippen molar-refractivity contribution in [3.8, 4) is 0 Å². The van der Waals surface area contributed by atoms with E-state index in [1.807, 2.05) is 12.1 Å². The number of carbonyl (C=O) groups excluding carboxylic acids is 1. The second-order valence-electron chi connectivity index (χ2n) is 8.75. The highest BCUT2D eigenvalue weighted by atomic mass is 32.2. The number of hydrogen-bond donors (Lipinski definition) is 3. The van der Waals surface area contributed by atoms with Gasteiger partial charge < -0.3 is 25.5 Å². The first kappa shape index (κ1) is 23.8. The van der Waals surface area contributed by atoms with Crippen molar-refractivity contribution >= 4 is 52.7 Å². The lowest BCUT2D eigenvalue weighted by molar-refractivity contribution is -0.136. The Hall–Kier alpha value is -3.89. The van der Waals surface area contributed by atoms with Crippen molar-refractivity contribution in [2.75, 3.05) is 48.8 Å². The Morgan fingerprint density at radius 2 is 1.83 bits per heavy atom. The van der Waals surface area contributed by atoms with Crippen LogP contribution in [0.1, 0.15) is 11.1 Å². The number of carbonyl (C=O) groups is 2. The zero-order valence-corrected chi connectivity index (χ0v) is 20.6. The molecule has 184 valence electrons. The maximum Gasteiger partial charge on any atom is 0.307 e. The van der Waals surface area contributed by atoms with E-state index in [1.165, 1.54) is 17.4 Å². The number of rotatable bonds is 6. The minimum atomic E-state index is -0.880. The monoisotopic (exact) mass is 502 g/mol. The summed E-state index contributed by atoms with van der Waals surface area (Å²) in [5.41, 5.74) is 4.16. The molecular weight excluding hydrogens is 476 g/mol. The molecule has 2 aromatic carbocycles. The Morgan fingerprint density at radius 3 is 2.53 bits per heavy atom. The number of likely N-dealkylation sites (N-methyl/N-ethyl adjacent to an activating group) is 1. The fourth-order valence-electron chi connectivity index (χ4n) is 4.03. The van der Waals surface area contributed by atoms with Gasteiger partial charge in [0, 0.05) is 37.6 Å². The molecule has 0 saturated carbocycles. The van der Waals surface area contributed by atoms with Crippen LogP contribution in [-0.4, -0.2) is 65.1 Å². The lowest BCUT2D eigenvalue weighted by Crippen LogP contribution is -2.44. The Morgan fingerprint density at radius 1 is 1.11 bits per heavy atom. The third kappa shape index (κ3) is 5.67. The summed E-state index contributed by atoms with van der Waals surface area (Å²) in [4.78, 5) is 37.6. The molecule has 36 heavy (non-hydrogen) atoms. The first-order valence-corrected chi connectivity index (χ1v) is 12.4. The number of amides is 1. The van der Waals surface area contributed by atoms with E-state index in [2.05, 4.69) is 49.6 Å². The molecule has 2 aliphatic rings. The van der Waals surface area contributed by atoms with Crippen LogP contribution in [0.2, 0.25) is 0 Å². The molecule has 1 saturated heterocycles. The number of carboxylic acids is 1. The molecule has 9 nitrogen and oxygen atoms in total. The van der Waals surface area contributed by atoms with Gasteiger partial charge in [-0.25, -0.2) is 9.97 Å². The molecule has 1 fully saturated rings. The highest BCUT2D eigenvalue weighted by Crippen LogP contribution is 2.38. The number of hydrogen-bond acceptors (Lipinski definition) is 8. The summed E-state index contributed by atoms with van der Waals surface area (Å²) in [7, 11) is 2.15. The van der Waals surface area contributed by atoms with E-state index in [-0.39, 0.29) is 12.3 Å². The standard InChI is InChI=1S/C26H26N6O3S/c1-31-10-12-32(13-11-31)20-8-6-19(7-9-20)28-26-27-16-21-25(30-26)36-22(24(35)29-21)14-17-2-4-18(5-3-17)15-23(33)34/h2-9,14,16H,10-13,15H2,1H3,(H,29,35)(H,33,34)(H,27,28,30)/b22-14+. The van der Waals surface area contributed by atoms with Gasteiger partial charge in [0.25, 0.3) is 5.91 Å². The zero-order chi connectivity index (χ0) is 25.1. The van der Waals surface area contributed by atoms with Crippen molar-refractivity contribution < 1.29 is 14.7 Å². The highest BCUT2D eigenvalue weighted by Gasteiger charge is 2.23. The lowest BCUT2D eigenvalue weighted by Gasteiger charge is -2.34. The fourth-order valence-corrected chi connectivity index (χ4v) is 4.92. The van der Waals surface area contributed by atoms with Crippen LogP contribution in [0.15, 0.2) is 64.7 Å². The minimum absolute atomic E-state index is 0.0370. The van der Waals surface area contributed by atoms with Crippen LogP contribution in [-0.2, 0) is 16.0 Å². The van der Waals surface area contributed by atoms with E-state index in [4.69, 9.17) is 5.11 Å². The van der Waals surface area contributed by atoms with Gasteiger partial charge in [0.15, 0.2) is 0 Å². The van der Waals surface area contributed by atoms with Gasteiger partial charge in [-0.05, 0) is 48.5 Å². The fraction of sp³-hybridized carbons (Fsp3) is 0.231. The van der Waals surface area contributed by atoms with Crippen LogP contribution in [0.3, 0.4) is 0 Å². The molecule has 1 aromatic heterocycles. The van der Waals surface area contributed by atoms with E-state index in [1.54, 1.807) is 36.5 Å². The summed E-state index contributed by atoms with van der Waals surface area (Å²) >= 11 is 1.27. The maximum atomic E-state index is 12.6. The van der Waals surface area contributed by atoms with Gasteiger partial charge >= 0.3 is 5.97 Å². The van der Waals surface area contributed by atoms with Gasteiger partial charge in [0.1, 0.15) is 5.03 Å². The van der Waals surface area contributed by atoms with Crippen LogP contribution in [0.4, 0.5) is 23.0 Å². The molecule has 2 aliphatic heterocycles. The number of benzene rings is 2. The second kappa shape index (κ2) is 10.4. The van der Waals surface area contributed by atoms with Gasteiger partial charge in [-0.3, -0.25) is 9.59 Å². The van der Waals surface area contributed by atoms with Gasteiger partial charge in [0.2, 0.25) is 5.95 Å². The second-order valence-corrected chi connectivity index (χ2v) is 9.78.